The van der Waals surface area contributed by atoms with Crippen LogP contribution < -0.4 is 0 Å². The topological polar surface area (TPSA) is 46.5 Å². The smallest absolute Gasteiger partial charge is 0.315 e. The van der Waals surface area contributed by atoms with Crippen molar-refractivity contribution in [2.45, 2.75) is 17.9 Å². The summed E-state index contributed by atoms with van der Waals surface area (Å²) in [6.07, 6.45) is -0.544. The Kier molecular flexibility index (Phi) is 5.12. The SMILES string of the molecule is COC(=O)CSc1ccc([C@H](C)O)cc1Cl. The predicted octanol–water partition coefficient (Wildman–Crippen LogP) is 2.66. The Morgan fingerprint density at radius 2 is 2.31 bits per heavy atom. The highest BCUT2D eigenvalue weighted by Crippen LogP contribution is 2.29. The second-order valence-corrected chi connectivity index (χ2v) is 4.66. The first-order valence-corrected chi connectivity index (χ1v) is 6.08. The zero-order valence-electron chi connectivity index (χ0n) is 9.07. The van der Waals surface area contributed by atoms with Crippen molar-refractivity contribution in [1.82, 2.24) is 0 Å². The van der Waals surface area contributed by atoms with Crippen molar-refractivity contribution in [3.05, 3.63) is 28.8 Å². The fourth-order valence-corrected chi connectivity index (χ4v) is 2.19. The van der Waals surface area contributed by atoms with Gasteiger partial charge in [-0.1, -0.05) is 17.7 Å². The van der Waals surface area contributed by atoms with Crippen molar-refractivity contribution >= 4 is 29.3 Å². The number of esters is 1. The van der Waals surface area contributed by atoms with Crippen LogP contribution in [0.15, 0.2) is 23.1 Å². The van der Waals surface area contributed by atoms with Crippen LogP contribution in [0.1, 0.15) is 18.6 Å². The number of carbonyl (C=O) groups excluding carboxylic acids is 1. The Labute approximate surface area is 104 Å². The van der Waals surface area contributed by atoms with Gasteiger partial charge in [0, 0.05) is 4.90 Å². The summed E-state index contributed by atoms with van der Waals surface area (Å²) < 4.78 is 4.53. The third kappa shape index (κ3) is 3.70. The molecule has 16 heavy (non-hydrogen) atoms. The standard InChI is InChI=1S/C11H13ClO3S/c1-7(13)8-3-4-10(9(12)5-8)16-6-11(14)15-2/h3-5,7,13H,6H2,1-2H3/t7-/m0/s1. The number of hydrogen-bond acceptors (Lipinski definition) is 4. The number of ether oxygens (including phenoxy) is 1. The molecule has 0 aliphatic carbocycles. The third-order valence-corrected chi connectivity index (χ3v) is 3.48. The summed E-state index contributed by atoms with van der Waals surface area (Å²) in [7, 11) is 1.35. The number of thioether (sulfide) groups is 1. The molecule has 0 heterocycles. The summed E-state index contributed by atoms with van der Waals surface area (Å²) in [4.78, 5) is 11.7. The molecule has 0 fully saturated rings. The predicted molar refractivity (Wildman–Crippen MR) is 64.8 cm³/mol. The summed E-state index contributed by atoms with van der Waals surface area (Å²) in [5.74, 6) is -0.0646. The lowest BCUT2D eigenvalue weighted by Gasteiger charge is -2.08. The summed E-state index contributed by atoms with van der Waals surface area (Å²) in [5.41, 5.74) is 0.757. The van der Waals surface area contributed by atoms with Crippen LogP contribution in [0.25, 0.3) is 0 Å². The minimum atomic E-state index is -0.544. The molecule has 0 aliphatic heterocycles. The van der Waals surface area contributed by atoms with Gasteiger partial charge in [0.2, 0.25) is 0 Å². The minimum absolute atomic E-state index is 0.226. The molecule has 0 aliphatic rings. The van der Waals surface area contributed by atoms with Gasteiger partial charge in [-0.3, -0.25) is 4.79 Å². The van der Waals surface area contributed by atoms with E-state index in [4.69, 9.17) is 11.6 Å². The second kappa shape index (κ2) is 6.13. The molecule has 1 rings (SSSR count). The molecule has 0 aromatic heterocycles. The lowest BCUT2D eigenvalue weighted by Crippen LogP contribution is -2.03. The van der Waals surface area contributed by atoms with Crippen LogP contribution in [0, 0.1) is 0 Å². The summed E-state index contributed by atoms with van der Waals surface area (Å²) in [5, 5.41) is 9.89. The summed E-state index contributed by atoms with van der Waals surface area (Å²) >= 11 is 7.33. The number of carbonyl (C=O) groups is 1. The summed E-state index contributed by atoms with van der Waals surface area (Å²) in [6.45, 7) is 1.67. The number of benzene rings is 1. The maximum atomic E-state index is 10.9. The average molecular weight is 261 g/mol. The van der Waals surface area contributed by atoms with Gasteiger partial charge in [-0.25, -0.2) is 0 Å². The largest absolute Gasteiger partial charge is 0.468 e. The number of hydrogen-bond donors (Lipinski definition) is 1. The minimum Gasteiger partial charge on any atom is -0.468 e. The van der Waals surface area contributed by atoms with Crippen LogP contribution >= 0.6 is 23.4 Å². The van der Waals surface area contributed by atoms with Crippen molar-refractivity contribution in [2.75, 3.05) is 12.9 Å². The second-order valence-electron chi connectivity index (χ2n) is 3.23. The molecule has 0 radical (unpaired) electrons. The molecular formula is C11H13ClO3S. The Hall–Kier alpha value is -0.710. The van der Waals surface area contributed by atoms with E-state index in [0.29, 0.717) is 5.02 Å². The van der Waals surface area contributed by atoms with E-state index in [1.165, 1.54) is 18.9 Å². The fraction of sp³-hybridized carbons (Fsp3) is 0.364. The molecule has 0 saturated heterocycles. The first kappa shape index (κ1) is 13.4. The molecule has 1 atom stereocenters. The third-order valence-electron chi connectivity index (χ3n) is 2.01. The molecule has 1 aromatic rings. The van der Waals surface area contributed by atoms with Gasteiger partial charge in [-0.15, -0.1) is 11.8 Å². The molecular weight excluding hydrogens is 248 g/mol. The maximum Gasteiger partial charge on any atom is 0.315 e. The molecule has 0 saturated carbocycles. The molecule has 1 N–H and O–H groups in total. The highest BCUT2D eigenvalue weighted by atomic mass is 35.5. The lowest BCUT2D eigenvalue weighted by molar-refractivity contribution is -0.137. The molecule has 3 nitrogen and oxygen atoms in total. The van der Waals surface area contributed by atoms with Crippen LogP contribution in [0.5, 0.6) is 0 Å². The van der Waals surface area contributed by atoms with Crippen LogP contribution in [-0.2, 0) is 9.53 Å². The van der Waals surface area contributed by atoms with Crippen LogP contribution in [0.3, 0.4) is 0 Å². The molecule has 0 bridgehead atoms. The molecule has 0 unspecified atom stereocenters. The maximum absolute atomic E-state index is 10.9. The quantitative estimate of drug-likeness (QED) is 0.668. The monoisotopic (exact) mass is 260 g/mol. The van der Waals surface area contributed by atoms with Crippen LogP contribution in [-0.4, -0.2) is 23.9 Å². The van der Waals surface area contributed by atoms with Crippen molar-refractivity contribution in [3.63, 3.8) is 0 Å². The average Bonchev–Trinajstić information content (AvgIpc) is 2.26. The van der Waals surface area contributed by atoms with E-state index in [-0.39, 0.29) is 11.7 Å². The van der Waals surface area contributed by atoms with Gasteiger partial charge in [-0.2, -0.15) is 0 Å². The van der Waals surface area contributed by atoms with Crippen LogP contribution in [0.2, 0.25) is 5.02 Å². The van der Waals surface area contributed by atoms with Gasteiger partial charge in [0.05, 0.1) is 24.0 Å². The van der Waals surface area contributed by atoms with E-state index in [2.05, 4.69) is 4.74 Å². The van der Waals surface area contributed by atoms with Gasteiger partial charge in [0.15, 0.2) is 0 Å². The van der Waals surface area contributed by atoms with E-state index >= 15 is 0 Å². The highest BCUT2D eigenvalue weighted by molar-refractivity contribution is 8.00. The number of methoxy groups -OCH3 is 1. The zero-order valence-corrected chi connectivity index (χ0v) is 10.6. The Morgan fingerprint density at radius 3 is 2.81 bits per heavy atom. The number of aliphatic hydroxyl groups excluding tert-OH is 1. The molecule has 88 valence electrons. The highest BCUT2D eigenvalue weighted by Gasteiger charge is 2.08. The molecule has 5 heteroatoms. The van der Waals surface area contributed by atoms with Gasteiger partial charge < -0.3 is 9.84 Å². The first-order valence-electron chi connectivity index (χ1n) is 4.71. The molecule has 1 aromatic carbocycles. The van der Waals surface area contributed by atoms with E-state index in [9.17, 15) is 9.90 Å². The van der Waals surface area contributed by atoms with Crippen molar-refractivity contribution in [2.24, 2.45) is 0 Å². The van der Waals surface area contributed by atoms with E-state index in [1.54, 1.807) is 25.1 Å². The van der Waals surface area contributed by atoms with Crippen molar-refractivity contribution < 1.29 is 14.6 Å². The zero-order chi connectivity index (χ0) is 12.1. The van der Waals surface area contributed by atoms with Crippen LogP contribution in [0.4, 0.5) is 0 Å². The Balaban J connectivity index is 2.72. The van der Waals surface area contributed by atoms with Gasteiger partial charge in [-0.05, 0) is 24.6 Å². The Morgan fingerprint density at radius 1 is 1.62 bits per heavy atom. The fourth-order valence-electron chi connectivity index (χ4n) is 1.09. The van der Waals surface area contributed by atoms with Gasteiger partial charge in [0.1, 0.15) is 0 Å². The van der Waals surface area contributed by atoms with E-state index in [0.717, 1.165) is 10.5 Å². The van der Waals surface area contributed by atoms with Gasteiger partial charge in [0.25, 0.3) is 0 Å². The van der Waals surface area contributed by atoms with Gasteiger partial charge >= 0.3 is 5.97 Å². The number of rotatable bonds is 4. The van der Waals surface area contributed by atoms with Crippen molar-refractivity contribution in [1.29, 1.82) is 0 Å². The lowest BCUT2D eigenvalue weighted by atomic mass is 10.1. The number of aliphatic hydroxyl groups is 1. The normalized spacial score (nSPS) is 12.2. The first-order chi connectivity index (χ1) is 7.54. The van der Waals surface area contributed by atoms with E-state index in [1.807, 2.05) is 0 Å². The van der Waals surface area contributed by atoms with Crippen molar-refractivity contribution in [3.8, 4) is 0 Å². The molecule has 0 amide bonds. The molecule has 0 spiro atoms. The van der Waals surface area contributed by atoms with E-state index < -0.39 is 6.10 Å². The summed E-state index contributed by atoms with van der Waals surface area (Å²) in [6, 6.07) is 5.28. The Bertz CT molecular complexity index is 379. The number of halogens is 1.